The summed E-state index contributed by atoms with van der Waals surface area (Å²) >= 11 is 0. The molecule has 6 nitrogen and oxygen atoms in total. The number of pyridine rings is 1. The highest BCUT2D eigenvalue weighted by atomic mass is 16.5. The molecule has 2 aromatic rings. The van der Waals surface area contributed by atoms with Crippen LogP contribution in [-0.2, 0) is 11.8 Å². The van der Waals surface area contributed by atoms with Crippen LogP contribution < -0.4 is 10.5 Å². The van der Waals surface area contributed by atoms with Crippen molar-refractivity contribution in [1.29, 1.82) is 0 Å². The molecule has 0 N–H and O–H groups in total. The summed E-state index contributed by atoms with van der Waals surface area (Å²) in [5.41, 5.74) is 1.50. The van der Waals surface area contributed by atoms with Gasteiger partial charge in [0, 0.05) is 50.1 Å². The Labute approximate surface area is 152 Å². The highest BCUT2D eigenvalue weighted by Gasteiger charge is 2.28. The second kappa shape index (κ2) is 7.25. The number of ether oxygens (including phenoxy) is 1. The van der Waals surface area contributed by atoms with E-state index in [1.165, 1.54) is 0 Å². The smallest absolute Gasteiger partial charge is 0.255 e. The minimum Gasteiger partial charge on any atom is -0.374 e. The van der Waals surface area contributed by atoms with Crippen molar-refractivity contribution in [1.82, 2.24) is 14.5 Å². The standard InChI is InChI=1S/C20H22N4O2/c1-23-19(25)13-17(15-7-9-21-10-8-15)22-20(23)24-11-12-26-18(14-24)16-5-3-2-4-6-16/h2-5,7-10,13,16,18H,6,11-12,14H2,1H3/t16?,18-/m0/s1. The molecular formula is C20H22N4O2. The Kier molecular flexibility index (Phi) is 4.67. The molecule has 4 rings (SSSR count). The van der Waals surface area contributed by atoms with E-state index >= 15 is 0 Å². The first-order chi connectivity index (χ1) is 12.7. The van der Waals surface area contributed by atoms with Crippen LogP contribution in [0.25, 0.3) is 11.3 Å². The number of aromatic nitrogens is 3. The van der Waals surface area contributed by atoms with Gasteiger partial charge in [-0.1, -0.05) is 24.3 Å². The van der Waals surface area contributed by atoms with Crippen LogP contribution in [-0.4, -0.2) is 40.3 Å². The van der Waals surface area contributed by atoms with Gasteiger partial charge in [-0.25, -0.2) is 4.98 Å². The Balaban J connectivity index is 1.64. The number of rotatable bonds is 3. The van der Waals surface area contributed by atoms with Gasteiger partial charge in [-0.3, -0.25) is 14.3 Å². The molecule has 3 heterocycles. The average molecular weight is 350 g/mol. The average Bonchev–Trinajstić information content (AvgIpc) is 2.71. The van der Waals surface area contributed by atoms with Crippen molar-refractivity contribution >= 4 is 5.95 Å². The van der Waals surface area contributed by atoms with Gasteiger partial charge in [-0.15, -0.1) is 0 Å². The van der Waals surface area contributed by atoms with Crippen molar-refractivity contribution in [3.8, 4) is 11.3 Å². The molecule has 2 aliphatic rings. The van der Waals surface area contributed by atoms with Crippen molar-refractivity contribution in [2.45, 2.75) is 12.5 Å². The molecule has 0 aromatic carbocycles. The SMILES string of the molecule is Cn1c(N2CCO[C@H](C3C=CC=CC3)C2)nc(-c2ccncc2)cc1=O. The van der Waals surface area contributed by atoms with E-state index in [0.717, 1.165) is 25.1 Å². The zero-order chi connectivity index (χ0) is 17.9. The lowest BCUT2D eigenvalue weighted by atomic mass is 9.93. The molecular weight excluding hydrogens is 328 g/mol. The van der Waals surface area contributed by atoms with Gasteiger partial charge in [0.1, 0.15) is 0 Å². The van der Waals surface area contributed by atoms with E-state index in [2.05, 4.69) is 34.2 Å². The molecule has 2 aromatic heterocycles. The second-order valence-electron chi connectivity index (χ2n) is 6.64. The van der Waals surface area contributed by atoms with Crippen molar-refractivity contribution in [3.05, 3.63) is 65.3 Å². The topological polar surface area (TPSA) is 60.2 Å². The highest BCUT2D eigenvalue weighted by molar-refractivity contribution is 5.59. The first-order valence-corrected chi connectivity index (χ1v) is 8.91. The molecule has 0 spiro atoms. The molecule has 134 valence electrons. The third-order valence-corrected chi connectivity index (χ3v) is 4.95. The van der Waals surface area contributed by atoms with E-state index < -0.39 is 0 Å². The van der Waals surface area contributed by atoms with E-state index in [1.54, 1.807) is 30.1 Å². The Morgan fingerprint density at radius 2 is 2.08 bits per heavy atom. The van der Waals surface area contributed by atoms with Crippen LogP contribution in [0.3, 0.4) is 0 Å². The summed E-state index contributed by atoms with van der Waals surface area (Å²) in [7, 11) is 1.77. The lowest BCUT2D eigenvalue weighted by Crippen LogP contribution is -2.47. The molecule has 0 saturated carbocycles. The fourth-order valence-corrected chi connectivity index (χ4v) is 3.47. The van der Waals surface area contributed by atoms with Crippen LogP contribution in [0.5, 0.6) is 0 Å². The fourth-order valence-electron chi connectivity index (χ4n) is 3.47. The normalized spacial score (nSPS) is 22.6. The molecule has 0 radical (unpaired) electrons. The molecule has 26 heavy (non-hydrogen) atoms. The molecule has 0 bridgehead atoms. The molecule has 1 unspecified atom stereocenters. The summed E-state index contributed by atoms with van der Waals surface area (Å²) < 4.78 is 7.62. The minimum atomic E-state index is -0.0645. The van der Waals surface area contributed by atoms with Gasteiger partial charge in [0.15, 0.2) is 0 Å². The molecule has 2 atom stereocenters. The number of morpholine rings is 1. The zero-order valence-corrected chi connectivity index (χ0v) is 14.8. The molecule has 6 heteroatoms. The van der Waals surface area contributed by atoms with E-state index in [9.17, 15) is 4.79 Å². The zero-order valence-electron chi connectivity index (χ0n) is 14.8. The Hall–Kier alpha value is -2.73. The Morgan fingerprint density at radius 3 is 2.85 bits per heavy atom. The van der Waals surface area contributed by atoms with Crippen molar-refractivity contribution in [3.63, 3.8) is 0 Å². The number of hydrogen-bond acceptors (Lipinski definition) is 5. The monoisotopic (exact) mass is 350 g/mol. The summed E-state index contributed by atoms with van der Waals surface area (Å²) in [5, 5.41) is 0. The summed E-state index contributed by atoms with van der Waals surface area (Å²) in [6, 6.07) is 5.31. The maximum absolute atomic E-state index is 12.5. The number of anilines is 1. The van der Waals surface area contributed by atoms with Gasteiger partial charge in [0.05, 0.1) is 18.4 Å². The van der Waals surface area contributed by atoms with Gasteiger partial charge in [0.25, 0.3) is 5.56 Å². The van der Waals surface area contributed by atoms with Crippen LogP contribution in [0, 0.1) is 5.92 Å². The lowest BCUT2D eigenvalue weighted by molar-refractivity contribution is 0.0139. The van der Waals surface area contributed by atoms with Gasteiger partial charge >= 0.3 is 0 Å². The second-order valence-corrected chi connectivity index (χ2v) is 6.64. The Morgan fingerprint density at radius 1 is 1.23 bits per heavy atom. The molecule has 1 saturated heterocycles. The summed E-state index contributed by atoms with van der Waals surface area (Å²) in [6.07, 6.45) is 13.0. The molecule has 0 amide bonds. The Bertz CT molecular complexity index is 888. The maximum atomic E-state index is 12.5. The quantitative estimate of drug-likeness (QED) is 0.849. The predicted molar refractivity (Wildman–Crippen MR) is 101 cm³/mol. The van der Waals surface area contributed by atoms with E-state index in [0.29, 0.717) is 24.2 Å². The van der Waals surface area contributed by atoms with Crippen LogP contribution in [0.4, 0.5) is 5.95 Å². The van der Waals surface area contributed by atoms with Crippen LogP contribution in [0.2, 0.25) is 0 Å². The number of nitrogens with zero attached hydrogens (tertiary/aromatic N) is 4. The third kappa shape index (κ3) is 3.32. The number of hydrogen-bond donors (Lipinski definition) is 0. The third-order valence-electron chi connectivity index (χ3n) is 4.95. The predicted octanol–water partition coefficient (Wildman–Crippen LogP) is 2.18. The van der Waals surface area contributed by atoms with Gasteiger partial charge in [-0.05, 0) is 18.6 Å². The largest absolute Gasteiger partial charge is 0.374 e. The van der Waals surface area contributed by atoms with E-state index in [4.69, 9.17) is 9.72 Å². The van der Waals surface area contributed by atoms with Gasteiger partial charge in [0.2, 0.25) is 5.95 Å². The van der Waals surface area contributed by atoms with Crippen molar-refractivity contribution in [2.24, 2.45) is 13.0 Å². The lowest BCUT2D eigenvalue weighted by Gasteiger charge is -2.37. The van der Waals surface area contributed by atoms with Crippen LogP contribution in [0.15, 0.2) is 59.7 Å². The van der Waals surface area contributed by atoms with Gasteiger partial charge < -0.3 is 9.64 Å². The van der Waals surface area contributed by atoms with Crippen molar-refractivity contribution < 1.29 is 4.74 Å². The van der Waals surface area contributed by atoms with Crippen molar-refractivity contribution in [2.75, 3.05) is 24.6 Å². The van der Waals surface area contributed by atoms with Crippen LogP contribution in [0.1, 0.15) is 6.42 Å². The van der Waals surface area contributed by atoms with Crippen LogP contribution >= 0.6 is 0 Å². The first-order valence-electron chi connectivity index (χ1n) is 8.91. The van der Waals surface area contributed by atoms with E-state index in [1.807, 2.05) is 12.1 Å². The molecule has 1 aliphatic heterocycles. The first kappa shape index (κ1) is 16.7. The fraction of sp³-hybridized carbons (Fsp3) is 0.350. The highest BCUT2D eigenvalue weighted by Crippen LogP contribution is 2.25. The molecule has 1 fully saturated rings. The minimum absolute atomic E-state index is 0.0645. The van der Waals surface area contributed by atoms with E-state index in [-0.39, 0.29) is 11.7 Å². The van der Waals surface area contributed by atoms with Gasteiger partial charge in [-0.2, -0.15) is 0 Å². The summed E-state index contributed by atoms with van der Waals surface area (Å²) in [6.45, 7) is 2.08. The maximum Gasteiger partial charge on any atom is 0.255 e. The number of allylic oxidation sites excluding steroid dienone is 3. The molecule has 1 aliphatic carbocycles. The summed E-state index contributed by atoms with van der Waals surface area (Å²) in [5.74, 6) is 1.05. The summed E-state index contributed by atoms with van der Waals surface area (Å²) in [4.78, 5) is 23.5.